The number of halogens is 1. The van der Waals surface area contributed by atoms with Crippen molar-refractivity contribution in [3.63, 3.8) is 0 Å². The molecule has 2 aromatic carbocycles. The molecule has 1 amide bonds. The van der Waals surface area contributed by atoms with Crippen LogP contribution in [0.5, 0.6) is 5.88 Å². The number of pyridine rings is 1. The van der Waals surface area contributed by atoms with Crippen LogP contribution in [0.15, 0.2) is 71.8 Å². The summed E-state index contributed by atoms with van der Waals surface area (Å²) in [5.74, 6) is -0.178. The maximum atomic E-state index is 13.0. The molecule has 0 atom stereocenters. The normalized spacial score (nSPS) is 11.1. The number of unbranched alkanes of at least 4 members (excludes halogenated alkanes) is 1. The molecule has 0 radical (unpaired) electrons. The molecule has 9 heteroatoms. The van der Waals surface area contributed by atoms with E-state index in [1.165, 1.54) is 12.1 Å². The molecule has 0 bridgehead atoms. The highest BCUT2D eigenvalue weighted by atomic mass is 32.2. The lowest BCUT2D eigenvalue weighted by Crippen LogP contribution is -2.25. The Morgan fingerprint density at radius 3 is 2.48 bits per heavy atom. The third kappa shape index (κ3) is 7.28. The standard InChI is InChI=1S/C24H26FN3O4S/c1-2-3-15-32-24-19(5-4-14-26-24)17-27-23(29)16-18-6-10-21(11-7-18)28-33(30,31)22-12-8-20(25)9-13-22/h4-14,28H,2-3,15-17H2,1H3,(H,27,29). The van der Waals surface area contributed by atoms with Crippen LogP contribution < -0.4 is 14.8 Å². The highest BCUT2D eigenvalue weighted by Crippen LogP contribution is 2.18. The second-order valence-corrected chi connectivity index (χ2v) is 9.06. The third-order valence-corrected chi connectivity index (χ3v) is 6.15. The molecular weight excluding hydrogens is 445 g/mol. The van der Waals surface area contributed by atoms with E-state index in [-0.39, 0.29) is 17.2 Å². The number of anilines is 1. The molecule has 0 fully saturated rings. The van der Waals surface area contributed by atoms with E-state index >= 15 is 0 Å². The first-order chi connectivity index (χ1) is 15.9. The highest BCUT2D eigenvalue weighted by Gasteiger charge is 2.14. The molecule has 0 saturated heterocycles. The average Bonchev–Trinajstić information content (AvgIpc) is 2.80. The van der Waals surface area contributed by atoms with Crippen molar-refractivity contribution in [1.82, 2.24) is 10.3 Å². The van der Waals surface area contributed by atoms with Gasteiger partial charge in [-0.2, -0.15) is 0 Å². The molecular formula is C24H26FN3O4S. The minimum atomic E-state index is -3.83. The second kappa shape index (κ2) is 11.4. The van der Waals surface area contributed by atoms with E-state index in [1.54, 1.807) is 36.5 Å². The number of carbonyl (C=O) groups is 1. The fourth-order valence-electron chi connectivity index (χ4n) is 2.96. The summed E-state index contributed by atoms with van der Waals surface area (Å²) in [6.07, 6.45) is 3.74. The molecule has 0 unspecified atom stereocenters. The maximum absolute atomic E-state index is 13.0. The van der Waals surface area contributed by atoms with Crippen molar-refractivity contribution in [1.29, 1.82) is 0 Å². The molecule has 0 aliphatic heterocycles. The minimum Gasteiger partial charge on any atom is -0.477 e. The number of ether oxygens (including phenoxy) is 1. The Labute approximate surface area is 193 Å². The lowest BCUT2D eigenvalue weighted by molar-refractivity contribution is -0.120. The molecule has 2 N–H and O–H groups in total. The first-order valence-corrected chi connectivity index (χ1v) is 12.1. The lowest BCUT2D eigenvalue weighted by Gasteiger charge is -2.11. The number of amides is 1. The summed E-state index contributed by atoms with van der Waals surface area (Å²) in [5.41, 5.74) is 1.86. The van der Waals surface area contributed by atoms with Crippen molar-refractivity contribution in [3.05, 3.63) is 83.8 Å². The van der Waals surface area contributed by atoms with Crippen LogP contribution in [0.25, 0.3) is 0 Å². The Balaban J connectivity index is 1.54. The summed E-state index contributed by atoms with van der Waals surface area (Å²) in [5, 5.41) is 2.86. The number of nitrogens with one attached hydrogen (secondary N) is 2. The van der Waals surface area contributed by atoms with Gasteiger partial charge in [0.05, 0.1) is 17.9 Å². The van der Waals surface area contributed by atoms with E-state index in [9.17, 15) is 17.6 Å². The first-order valence-electron chi connectivity index (χ1n) is 10.6. The van der Waals surface area contributed by atoms with Crippen LogP contribution in [0.1, 0.15) is 30.9 Å². The molecule has 3 aromatic rings. The smallest absolute Gasteiger partial charge is 0.261 e. The predicted molar refractivity (Wildman–Crippen MR) is 124 cm³/mol. The third-order valence-electron chi connectivity index (χ3n) is 4.76. The summed E-state index contributed by atoms with van der Waals surface area (Å²) >= 11 is 0. The first kappa shape index (κ1) is 24.2. The minimum absolute atomic E-state index is 0.0409. The van der Waals surface area contributed by atoms with Gasteiger partial charge in [-0.25, -0.2) is 17.8 Å². The Morgan fingerprint density at radius 2 is 1.79 bits per heavy atom. The van der Waals surface area contributed by atoms with Crippen LogP contribution in [0.3, 0.4) is 0 Å². The predicted octanol–water partition coefficient (Wildman–Crippen LogP) is 4.06. The van der Waals surface area contributed by atoms with Gasteiger partial charge < -0.3 is 10.1 Å². The number of rotatable bonds is 11. The Morgan fingerprint density at radius 1 is 1.06 bits per heavy atom. The van der Waals surface area contributed by atoms with Gasteiger partial charge >= 0.3 is 0 Å². The van der Waals surface area contributed by atoms with Crippen LogP contribution in [0.2, 0.25) is 0 Å². The quantitative estimate of drug-likeness (QED) is 0.411. The molecule has 0 aliphatic carbocycles. The number of benzene rings is 2. The van der Waals surface area contributed by atoms with Gasteiger partial charge in [-0.3, -0.25) is 9.52 Å². The van der Waals surface area contributed by atoms with E-state index in [1.807, 2.05) is 6.07 Å². The monoisotopic (exact) mass is 471 g/mol. The number of hydrogen-bond acceptors (Lipinski definition) is 5. The van der Waals surface area contributed by atoms with Gasteiger partial charge in [-0.05, 0) is 54.4 Å². The topological polar surface area (TPSA) is 97.4 Å². The van der Waals surface area contributed by atoms with Crippen LogP contribution in [0, 0.1) is 5.82 Å². The molecule has 0 aliphatic rings. The van der Waals surface area contributed by atoms with Gasteiger partial charge in [0.15, 0.2) is 0 Å². The molecule has 174 valence electrons. The Hall–Kier alpha value is -3.46. The molecule has 3 rings (SSSR count). The van der Waals surface area contributed by atoms with E-state index in [4.69, 9.17) is 4.74 Å². The summed E-state index contributed by atoms with van der Waals surface area (Å²) in [6, 6.07) is 14.7. The fourth-order valence-corrected chi connectivity index (χ4v) is 4.02. The van der Waals surface area contributed by atoms with Gasteiger partial charge in [-0.1, -0.05) is 31.5 Å². The highest BCUT2D eigenvalue weighted by molar-refractivity contribution is 7.92. The van der Waals surface area contributed by atoms with Crippen molar-refractivity contribution in [2.45, 2.75) is 37.6 Å². The van der Waals surface area contributed by atoms with Crippen molar-refractivity contribution >= 4 is 21.6 Å². The van der Waals surface area contributed by atoms with E-state index in [2.05, 4.69) is 21.9 Å². The van der Waals surface area contributed by atoms with Crippen LogP contribution in [0.4, 0.5) is 10.1 Å². The van der Waals surface area contributed by atoms with E-state index in [0.29, 0.717) is 24.7 Å². The van der Waals surface area contributed by atoms with Gasteiger partial charge in [0.2, 0.25) is 11.8 Å². The van der Waals surface area contributed by atoms with Crippen LogP contribution >= 0.6 is 0 Å². The number of sulfonamides is 1. The number of hydrogen-bond donors (Lipinski definition) is 2. The van der Waals surface area contributed by atoms with Gasteiger partial charge in [0.25, 0.3) is 10.0 Å². The molecule has 0 spiro atoms. The zero-order valence-corrected chi connectivity index (χ0v) is 19.1. The second-order valence-electron chi connectivity index (χ2n) is 7.38. The number of carbonyl (C=O) groups excluding carboxylic acids is 1. The van der Waals surface area contributed by atoms with Crippen molar-refractivity contribution in [2.24, 2.45) is 0 Å². The lowest BCUT2D eigenvalue weighted by atomic mass is 10.1. The Bertz CT molecular complexity index is 1170. The summed E-state index contributed by atoms with van der Waals surface area (Å²) in [7, 11) is -3.83. The van der Waals surface area contributed by atoms with Crippen LogP contribution in [-0.4, -0.2) is 25.9 Å². The molecule has 1 heterocycles. The van der Waals surface area contributed by atoms with E-state index in [0.717, 1.165) is 36.1 Å². The molecule has 0 saturated carbocycles. The fraction of sp³-hybridized carbons (Fsp3) is 0.250. The SMILES string of the molecule is CCCCOc1ncccc1CNC(=O)Cc1ccc(NS(=O)(=O)c2ccc(F)cc2)cc1. The van der Waals surface area contributed by atoms with Crippen molar-refractivity contribution in [3.8, 4) is 5.88 Å². The average molecular weight is 472 g/mol. The van der Waals surface area contributed by atoms with Gasteiger partial charge in [-0.15, -0.1) is 0 Å². The van der Waals surface area contributed by atoms with Crippen molar-refractivity contribution < 1.29 is 22.3 Å². The van der Waals surface area contributed by atoms with Crippen molar-refractivity contribution in [2.75, 3.05) is 11.3 Å². The molecule has 7 nitrogen and oxygen atoms in total. The molecule has 1 aromatic heterocycles. The zero-order chi connectivity index (χ0) is 23.7. The summed E-state index contributed by atoms with van der Waals surface area (Å²) in [4.78, 5) is 16.6. The number of aromatic nitrogens is 1. The Kier molecular flexibility index (Phi) is 8.37. The zero-order valence-electron chi connectivity index (χ0n) is 18.3. The summed E-state index contributed by atoms with van der Waals surface area (Å²) in [6.45, 7) is 2.95. The largest absolute Gasteiger partial charge is 0.477 e. The molecule has 33 heavy (non-hydrogen) atoms. The van der Waals surface area contributed by atoms with Gasteiger partial charge in [0, 0.05) is 24.0 Å². The maximum Gasteiger partial charge on any atom is 0.261 e. The summed E-state index contributed by atoms with van der Waals surface area (Å²) < 4.78 is 45.9. The van der Waals surface area contributed by atoms with Gasteiger partial charge in [0.1, 0.15) is 5.82 Å². The van der Waals surface area contributed by atoms with E-state index < -0.39 is 15.8 Å². The number of nitrogens with zero attached hydrogens (tertiary/aromatic N) is 1. The van der Waals surface area contributed by atoms with Crippen LogP contribution in [-0.2, 0) is 27.8 Å².